The van der Waals surface area contributed by atoms with Crippen molar-refractivity contribution in [3.05, 3.63) is 51.9 Å². The lowest BCUT2D eigenvalue weighted by atomic mass is 10.3. The number of benzene rings is 1. The standard InChI is InChI=1S/C16H15N5O3S2/c1-2-20-15(13-7-4-8-25-13)18-19-16(20)26-10-14(22)17-11-5-3-6-12(9-11)21(23)24/h3-9H,2,10H2,1H3,(H,17,22). The monoisotopic (exact) mass is 389 g/mol. The minimum atomic E-state index is -0.500. The molecule has 0 saturated carbocycles. The van der Waals surface area contributed by atoms with Gasteiger partial charge in [0.2, 0.25) is 5.91 Å². The minimum Gasteiger partial charge on any atom is -0.325 e. The van der Waals surface area contributed by atoms with Crippen LogP contribution in [0.3, 0.4) is 0 Å². The number of carbonyl (C=O) groups is 1. The molecule has 3 rings (SSSR count). The normalized spacial score (nSPS) is 10.7. The van der Waals surface area contributed by atoms with Crippen LogP contribution in [0.15, 0.2) is 46.9 Å². The zero-order valence-electron chi connectivity index (χ0n) is 13.8. The molecule has 1 amide bonds. The molecule has 1 aromatic carbocycles. The Kier molecular flexibility index (Phi) is 5.64. The summed E-state index contributed by atoms with van der Waals surface area (Å²) in [6.45, 7) is 2.68. The number of nitro groups is 1. The van der Waals surface area contributed by atoms with Crippen LogP contribution in [0.4, 0.5) is 11.4 Å². The van der Waals surface area contributed by atoms with Crippen molar-refractivity contribution in [3.8, 4) is 10.7 Å². The Morgan fingerprint density at radius 1 is 1.35 bits per heavy atom. The molecule has 0 bridgehead atoms. The van der Waals surface area contributed by atoms with Gasteiger partial charge in [-0.3, -0.25) is 14.9 Å². The van der Waals surface area contributed by atoms with Gasteiger partial charge in [0.1, 0.15) is 0 Å². The van der Waals surface area contributed by atoms with E-state index in [1.165, 1.54) is 30.0 Å². The molecule has 0 saturated heterocycles. The third-order valence-corrected chi connectivity index (χ3v) is 5.28. The van der Waals surface area contributed by atoms with Crippen LogP contribution in [0.25, 0.3) is 10.7 Å². The summed E-state index contributed by atoms with van der Waals surface area (Å²) >= 11 is 2.86. The Morgan fingerprint density at radius 2 is 2.19 bits per heavy atom. The van der Waals surface area contributed by atoms with E-state index in [9.17, 15) is 14.9 Å². The van der Waals surface area contributed by atoms with Gasteiger partial charge in [0.15, 0.2) is 11.0 Å². The molecule has 2 aromatic heterocycles. The van der Waals surface area contributed by atoms with Crippen LogP contribution in [0.2, 0.25) is 0 Å². The first-order chi connectivity index (χ1) is 12.6. The number of nitrogens with zero attached hydrogens (tertiary/aromatic N) is 4. The molecule has 10 heteroatoms. The number of hydrogen-bond acceptors (Lipinski definition) is 7. The molecule has 0 aliphatic rings. The lowest BCUT2D eigenvalue weighted by Gasteiger charge is -2.07. The van der Waals surface area contributed by atoms with E-state index >= 15 is 0 Å². The summed E-state index contributed by atoms with van der Waals surface area (Å²) in [5.74, 6) is 0.647. The molecule has 26 heavy (non-hydrogen) atoms. The molecule has 1 N–H and O–H groups in total. The van der Waals surface area contributed by atoms with Crippen molar-refractivity contribution >= 4 is 40.4 Å². The predicted molar refractivity (Wildman–Crippen MR) is 101 cm³/mol. The van der Waals surface area contributed by atoms with Crippen molar-refractivity contribution in [1.29, 1.82) is 0 Å². The van der Waals surface area contributed by atoms with E-state index in [-0.39, 0.29) is 17.3 Å². The number of amides is 1. The molecule has 134 valence electrons. The van der Waals surface area contributed by atoms with E-state index in [0.717, 1.165) is 10.7 Å². The van der Waals surface area contributed by atoms with Gasteiger partial charge < -0.3 is 9.88 Å². The van der Waals surface area contributed by atoms with E-state index in [1.807, 2.05) is 29.0 Å². The van der Waals surface area contributed by atoms with Crippen LogP contribution < -0.4 is 5.32 Å². The molecule has 0 atom stereocenters. The van der Waals surface area contributed by atoms with Crippen molar-refractivity contribution in [2.75, 3.05) is 11.1 Å². The molecule has 2 heterocycles. The van der Waals surface area contributed by atoms with Gasteiger partial charge >= 0.3 is 0 Å². The second-order valence-corrected chi connectivity index (χ2v) is 7.06. The molecule has 0 unspecified atom stereocenters. The van der Waals surface area contributed by atoms with E-state index < -0.39 is 4.92 Å². The summed E-state index contributed by atoms with van der Waals surface area (Å²) in [4.78, 5) is 23.5. The topological polar surface area (TPSA) is 103 Å². The fourth-order valence-corrected chi connectivity index (χ4v) is 3.81. The number of rotatable bonds is 7. The van der Waals surface area contributed by atoms with Crippen molar-refractivity contribution in [3.63, 3.8) is 0 Å². The Balaban J connectivity index is 1.65. The predicted octanol–water partition coefficient (Wildman–Crippen LogP) is 3.67. The molecule has 0 fully saturated rings. The highest BCUT2D eigenvalue weighted by atomic mass is 32.2. The lowest BCUT2D eigenvalue weighted by Crippen LogP contribution is -2.14. The lowest BCUT2D eigenvalue weighted by molar-refractivity contribution is -0.384. The number of nitro benzene ring substituents is 1. The second-order valence-electron chi connectivity index (χ2n) is 5.17. The zero-order valence-corrected chi connectivity index (χ0v) is 15.4. The Labute approximate surface area is 157 Å². The minimum absolute atomic E-state index is 0.0678. The summed E-state index contributed by atoms with van der Waals surface area (Å²) < 4.78 is 1.96. The Hall–Kier alpha value is -2.72. The third kappa shape index (κ3) is 4.09. The highest BCUT2D eigenvalue weighted by Gasteiger charge is 2.15. The van der Waals surface area contributed by atoms with E-state index in [4.69, 9.17) is 0 Å². The van der Waals surface area contributed by atoms with Crippen LogP contribution in [0.1, 0.15) is 6.92 Å². The largest absolute Gasteiger partial charge is 0.325 e. The van der Waals surface area contributed by atoms with Gasteiger partial charge in [-0.2, -0.15) is 0 Å². The highest BCUT2D eigenvalue weighted by Crippen LogP contribution is 2.27. The van der Waals surface area contributed by atoms with Gasteiger partial charge in [-0.25, -0.2) is 0 Å². The quantitative estimate of drug-likeness (QED) is 0.376. The number of thioether (sulfide) groups is 1. The van der Waals surface area contributed by atoms with Crippen molar-refractivity contribution in [1.82, 2.24) is 14.8 Å². The molecule has 0 aliphatic carbocycles. The average molecular weight is 389 g/mol. The zero-order chi connectivity index (χ0) is 18.5. The Bertz CT molecular complexity index is 924. The van der Waals surface area contributed by atoms with Gasteiger partial charge in [0.25, 0.3) is 5.69 Å². The number of nitrogens with one attached hydrogen (secondary N) is 1. The van der Waals surface area contributed by atoms with E-state index in [1.54, 1.807) is 17.4 Å². The van der Waals surface area contributed by atoms with Crippen LogP contribution in [-0.2, 0) is 11.3 Å². The molecule has 0 radical (unpaired) electrons. The van der Waals surface area contributed by atoms with Gasteiger partial charge in [0, 0.05) is 24.4 Å². The van der Waals surface area contributed by atoms with Gasteiger partial charge in [-0.15, -0.1) is 21.5 Å². The van der Waals surface area contributed by atoms with Crippen molar-refractivity contribution in [2.45, 2.75) is 18.6 Å². The second kappa shape index (κ2) is 8.11. The summed E-state index contributed by atoms with van der Waals surface area (Å²) in [5, 5.41) is 24.5. The van der Waals surface area contributed by atoms with Gasteiger partial charge in [-0.1, -0.05) is 23.9 Å². The molecule has 8 nitrogen and oxygen atoms in total. The first-order valence-corrected chi connectivity index (χ1v) is 9.59. The first kappa shape index (κ1) is 18.1. The maximum absolute atomic E-state index is 12.1. The third-order valence-electron chi connectivity index (χ3n) is 3.45. The van der Waals surface area contributed by atoms with Crippen molar-refractivity contribution < 1.29 is 9.72 Å². The maximum Gasteiger partial charge on any atom is 0.271 e. The van der Waals surface area contributed by atoms with Crippen LogP contribution in [0.5, 0.6) is 0 Å². The number of anilines is 1. The molecular weight excluding hydrogens is 374 g/mol. The first-order valence-electron chi connectivity index (χ1n) is 7.72. The molecule has 3 aromatic rings. The Morgan fingerprint density at radius 3 is 2.88 bits per heavy atom. The molecule has 0 aliphatic heterocycles. The number of aromatic nitrogens is 3. The van der Waals surface area contributed by atoms with Crippen molar-refractivity contribution in [2.24, 2.45) is 0 Å². The summed E-state index contributed by atoms with van der Waals surface area (Å²) in [7, 11) is 0. The summed E-state index contributed by atoms with van der Waals surface area (Å²) in [6.07, 6.45) is 0. The maximum atomic E-state index is 12.1. The average Bonchev–Trinajstić information content (AvgIpc) is 3.29. The fourth-order valence-electron chi connectivity index (χ4n) is 2.29. The summed E-state index contributed by atoms with van der Waals surface area (Å²) in [5.41, 5.74) is 0.322. The van der Waals surface area contributed by atoms with E-state index in [0.29, 0.717) is 17.4 Å². The smallest absolute Gasteiger partial charge is 0.271 e. The number of non-ortho nitro benzene ring substituents is 1. The highest BCUT2D eigenvalue weighted by molar-refractivity contribution is 7.99. The van der Waals surface area contributed by atoms with Crippen LogP contribution in [-0.4, -0.2) is 31.3 Å². The van der Waals surface area contributed by atoms with E-state index in [2.05, 4.69) is 15.5 Å². The van der Waals surface area contributed by atoms with Crippen LogP contribution >= 0.6 is 23.1 Å². The molecule has 0 spiro atoms. The van der Waals surface area contributed by atoms with Gasteiger partial charge in [-0.05, 0) is 24.4 Å². The number of thiophene rings is 1. The number of carbonyl (C=O) groups excluding carboxylic acids is 1. The van der Waals surface area contributed by atoms with Gasteiger partial charge in [0.05, 0.1) is 15.6 Å². The fraction of sp³-hybridized carbons (Fsp3) is 0.188. The number of hydrogen-bond donors (Lipinski definition) is 1. The summed E-state index contributed by atoms with van der Waals surface area (Å²) in [6, 6.07) is 9.77. The molecular formula is C16H15N5O3S2. The SMILES string of the molecule is CCn1c(SCC(=O)Nc2cccc([N+](=O)[O-])c2)nnc1-c1cccs1. The van der Waals surface area contributed by atoms with Crippen LogP contribution in [0, 0.1) is 10.1 Å².